The van der Waals surface area contributed by atoms with Crippen LogP contribution in [0.15, 0.2) is 18.2 Å². The molecular weight excluding hydrogens is 237 g/mol. The van der Waals surface area contributed by atoms with Gasteiger partial charge in [-0.1, -0.05) is 31.5 Å². The Bertz CT molecular complexity index is 392. The van der Waals surface area contributed by atoms with Gasteiger partial charge in [0.05, 0.1) is 0 Å². The fourth-order valence-electron chi connectivity index (χ4n) is 2.41. The van der Waals surface area contributed by atoms with E-state index in [-0.39, 0.29) is 5.82 Å². The van der Waals surface area contributed by atoms with Crippen molar-refractivity contribution in [3.8, 4) is 0 Å². The number of halogens is 2. The van der Waals surface area contributed by atoms with Crippen molar-refractivity contribution in [3.63, 3.8) is 0 Å². The van der Waals surface area contributed by atoms with Gasteiger partial charge in [-0.25, -0.2) is 4.39 Å². The third-order valence-electron chi connectivity index (χ3n) is 3.57. The van der Waals surface area contributed by atoms with Crippen molar-refractivity contribution in [2.24, 2.45) is 5.92 Å². The maximum absolute atomic E-state index is 13.8. The summed E-state index contributed by atoms with van der Waals surface area (Å²) in [6, 6.07) is 5.53. The van der Waals surface area contributed by atoms with Crippen molar-refractivity contribution in [2.45, 2.75) is 38.6 Å². The largest absolute Gasteiger partial charge is 0.314 e. The third-order valence-corrected chi connectivity index (χ3v) is 3.80. The standard InChI is InChI=1S/C14H19ClFN/c1-9(2)17-8-10-3-5-12(10)13-6-4-11(15)7-14(13)16/h4,6-7,9-10,12,17H,3,5,8H2,1-2H3. The molecule has 0 saturated heterocycles. The van der Waals surface area contributed by atoms with Crippen LogP contribution in [0.2, 0.25) is 5.02 Å². The van der Waals surface area contributed by atoms with E-state index in [1.54, 1.807) is 6.07 Å². The van der Waals surface area contributed by atoms with Gasteiger partial charge in [-0.15, -0.1) is 0 Å². The van der Waals surface area contributed by atoms with Gasteiger partial charge in [0.25, 0.3) is 0 Å². The van der Waals surface area contributed by atoms with Crippen LogP contribution in [0.4, 0.5) is 4.39 Å². The van der Waals surface area contributed by atoms with Crippen LogP contribution >= 0.6 is 11.6 Å². The highest BCUT2D eigenvalue weighted by molar-refractivity contribution is 6.30. The maximum Gasteiger partial charge on any atom is 0.128 e. The normalized spacial score (nSPS) is 23.8. The molecule has 1 saturated carbocycles. The molecule has 0 bridgehead atoms. The second-order valence-electron chi connectivity index (χ2n) is 5.17. The van der Waals surface area contributed by atoms with E-state index in [9.17, 15) is 4.39 Å². The van der Waals surface area contributed by atoms with Crippen LogP contribution in [0.25, 0.3) is 0 Å². The third kappa shape index (κ3) is 2.99. The minimum Gasteiger partial charge on any atom is -0.314 e. The molecule has 1 aliphatic rings. The Balaban J connectivity index is 2.02. The molecule has 17 heavy (non-hydrogen) atoms. The first-order valence-corrected chi connectivity index (χ1v) is 6.64. The molecule has 0 radical (unpaired) electrons. The second-order valence-corrected chi connectivity index (χ2v) is 5.61. The molecule has 1 nitrogen and oxygen atoms in total. The predicted molar refractivity (Wildman–Crippen MR) is 70.0 cm³/mol. The molecule has 1 aromatic rings. The van der Waals surface area contributed by atoms with Crippen LogP contribution < -0.4 is 5.32 Å². The fraction of sp³-hybridized carbons (Fsp3) is 0.571. The average Bonchev–Trinajstić information content (AvgIpc) is 2.20. The van der Waals surface area contributed by atoms with E-state index in [1.807, 2.05) is 6.07 Å². The van der Waals surface area contributed by atoms with Crippen LogP contribution in [-0.2, 0) is 0 Å². The number of hydrogen-bond donors (Lipinski definition) is 1. The quantitative estimate of drug-likeness (QED) is 0.859. The van der Waals surface area contributed by atoms with Crippen molar-refractivity contribution in [3.05, 3.63) is 34.6 Å². The number of benzene rings is 1. The van der Waals surface area contributed by atoms with Gasteiger partial charge in [0.15, 0.2) is 0 Å². The van der Waals surface area contributed by atoms with Crippen LogP contribution in [0.5, 0.6) is 0 Å². The zero-order valence-electron chi connectivity index (χ0n) is 10.3. The van der Waals surface area contributed by atoms with E-state index in [0.717, 1.165) is 18.5 Å². The lowest BCUT2D eigenvalue weighted by molar-refractivity contribution is 0.236. The number of hydrogen-bond acceptors (Lipinski definition) is 1. The highest BCUT2D eigenvalue weighted by Gasteiger charge is 2.33. The molecule has 0 heterocycles. The fourth-order valence-corrected chi connectivity index (χ4v) is 2.57. The Hall–Kier alpha value is -0.600. The lowest BCUT2D eigenvalue weighted by Crippen LogP contribution is -2.37. The number of rotatable bonds is 4. The van der Waals surface area contributed by atoms with Crippen molar-refractivity contribution in [1.82, 2.24) is 5.32 Å². The van der Waals surface area contributed by atoms with Crippen molar-refractivity contribution in [1.29, 1.82) is 0 Å². The number of nitrogens with one attached hydrogen (secondary N) is 1. The molecule has 1 N–H and O–H groups in total. The van der Waals surface area contributed by atoms with E-state index in [1.165, 1.54) is 12.5 Å². The van der Waals surface area contributed by atoms with Crippen molar-refractivity contribution in [2.75, 3.05) is 6.54 Å². The molecule has 0 amide bonds. The molecule has 0 aliphatic heterocycles. The van der Waals surface area contributed by atoms with Crippen molar-refractivity contribution >= 4 is 11.6 Å². The van der Waals surface area contributed by atoms with Gasteiger partial charge in [-0.2, -0.15) is 0 Å². The molecule has 2 atom stereocenters. The Labute approximate surface area is 107 Å². The van der Waals surface area contributed by atoms with Gasteiger partial charge in [-0.05, 0) is 48.9 Å². The molecule has 3 heteroatoms. The molecule has 0 spiro atoms. The minimum absolute atomic E-state index is 0.156. The summed E-state index contributed by atoms with van der Waals surface area (Å²) in [7, 11) is 0. The van der Waals surface area contributed by atoms with Gasteiger partial charge < -0.3 is 5.32 Å². The Kier molecular flexibility index (Phi) is 4.05. The Morgan fingerprint density at radius 3 is 2.71 bits per heavy atom. The van der Waals surface area contributed by atoms with Crippen LogP contribution in [0, 0.1) is 11.7 Å². The van der Waals surface area contributed by atoms with E-state index in [0.29, 0.717) is 22.9 Å². The van der Waals surface area contributed by atoms with Crippen LogP contribution in [-0.4, -0.2) is 12.6 Å². The molecule has 2 rings (SSSR count). The first kappa shape index (κ1) is 12.8. The molecule has 0 aromatic heterocycles. The van der Waals surface area contributed by atoms with E-state index in [2.05, 4.69) is 19.2 Å². The van der Waals surface area contributed by atoms with Crippen LogP contribution in [0.3, 0.4) is 0 Å². The average molecular weight is 256 g/mol. The minimum atomic E-state index is -0.156. The highest BCUT2D eigenvalue weighted by Crippen LogP contribution is 2.43. The summed E-state index contributed by atoms with van der Waals surface area (Å²) in [4.78, 5) is 0. The highest BCUT2D eigenvalue weighted by atomic mass is 35.5. The van der Waals surface area contributed by atoms with E-state index < -0.39 is 0 Å². The molecule has 94 valence electrons. The van der Waals surface area contributed by atoms with Gasteiger partial charge >= 0.3 is 0 Å². The zero-order chi connectivity index (χ0) is 12.4. The van der Waals surface area contributed by atoms with Gasteiger partial charge in [0, 0.05) is 11.1 Å². The van der Waals surface area contributed by atoms with Gasteiger partial charge in [0.1, 0.15) is 5.82 Å². The maximum atomic E-state index is 13.8. The summed E-state index contributed by atoms with van der Waals surface area (Å²) in [5, 5.41) is 3.90. The van der Waals surface area contributed by atoms with Crippen molar-refractivity contribution < 1.29 is 4.39 Å². The SMILES string of the molecule is CC(C)NCC1CCC1c1ccc(Cl)cc1F. The molecule has 1 aliphatic carbocycles. The lowest BCUT2D eigenvalue weighted by atomic mass is 9.70. The molecule has 1 fully saturated rings. The molecular formula is C14H19ClFN. The first-order chi connectivity index (χ1) is 8.08. The Morgan fingerprint density at radius 1 is 1.41 bits per heavy atom. The summed E-state index contributed by atoms with van der Waals surface area (Å²) in [5.41, 5.74) is 0.830. The lowest BCUT2D eigenvalue weighted by Gasteiger charge is -2.38. The van der Waals surface area contributed by atoms with Gasteiger partial charge in [0.2, 0.25) is 0 Å². The van der Waals surface area contributed by atoms with E-state index in [4.69, 9.17) is 11.6 Å². The second kappa shape index (κ2) is 5.36. The monoisotopic (exact) mass is 255 g/mol. The summed E-state index contributed by atoms with van der Waals surface area (Å²) >= 11 is 5.77. The first-order valence-electron chi connectivity index (χ1n) is 6.26. The Morgan fingerprint density at radius 2 is 2.18 bits per heavy atom. The topological polar surface area (TPSA) is 12.0 Å². The summed E-state index contributed by atoms with van der Waals surface area (Å²) < 4.78 is 13.8. The summed E-state index contributed by atoms with van der Waals surface area (Å²) in [6.45, 7) is 5.25. The van der Waals surface area contributed by atoms with Gasteiger partial charge in [-0.3, -0.25) is 0 Å². The smallest absolute Gasteiger partial charge is 0.128 e. The summed E-state index contributed by atoms with van der Waals surface area (Å²) in [5.74, 6) is 0.767. The summed E-state index contributed by atoms with van der Waals surface area (Å²) in [6.07, 6.45) is 2.27. The van der Waals surface area contributed by atoms with E-state index >= 15 is 0 Å². The molecule has 2 unspecified atom stereocenters. The zero-order valence-corrected chi connectivity index (χ0v) is 11.1. The molecule has 1 aromatic carbocycles. The predicted octanol–water partition coefficient (Wildman–Crippen LogP) is 3.97. The van der Waals surface area contributed by atoms with Crippen LogP contribution in [0.1, 0.15) is 38.2 Å².